The van der Waals surface area contributed by atoms with Crippen molar-refractivity contribution in [3.63, 3.8) is 0 Å². The van der Waals surface area contributed by atoms with Gasteiger partial charge in [0.15, 0.2) is 11.5 Å². The lowest BCUT2D eigenvalue weighted by atomic mass is 9.99. The highest BCUT2D eigenvalue weighted by molar-refractivity contribution is 6.20. The Labute approximate surface area is 218 Å². The molecule has 1 aliphatic heterocycles. The number of amides is 1. The molecule has 4 aromatic carbocycles. The average Bonchev–Trinajstić information content (AvgIpc) is 3.07. The third-order valence-electron chi connectivity index (χ3n) is 6.74. The van der Waals surface area contributed by atoms with Crippen LogP contribution in [0, 0.1) is 0 Å². The Morgan fingerprint density at radius 2 is 1.32 bits per heavy atom. The van der Waals surface area contributed by atoms with Crippen LogP contribution in [0.1, 0.15) is 23.6 Å². The summed E-state index contributed by atoms with van der Waals surface area (Å²) < 4.78 is 11.2. The fraction of sp³-hybridized carbons (Fsp3) is 0.188. The Morgan fingerprint density at radius 1 is 0.757 bits per heavy atom. The summed E-state index contributed by atoms with van der Waals surface area (Å²) >= 11 is 0. The maximum absolute atomic E-state index is 13.9. The highest BCUT2D eigenvalue weighted by Gasteiger charge is 2.32. The van der Waals surface area contributed by atoms with Crippen LogP contribution in [0.5, 0.6) is 11.5 Å². The molecule has 0 fully saturated rings. The average molecular weight is 491 g/mol. The molecule has 0 saturated heterocycles. The Bertz CT molecular complexity index is 1410. The number of benzene rings is 4. The number of carbonyl (C=O) groups is 1. The molecule has 0 bridgehead atoms. The van der Waals surface area contributed by atoms with E-state index in [9.17, 15) is 4.79 Å². The monoisotopic (exact) mass is 490 g/mol. The molecule has 1 atom stereocenters. The summed E-state index contributed by atoms with van der Waals surface area (Å²) in [5.41, 5.74) is 6.71. The van der Waals surface area contributed by atoms with Crippen molar-refractivity contribution in [2.45, 2.75) is 19.4 Å². The summed E-state index contributed by atoms with van der Waals surface area (Å²) in [4.78, 5) is 20.8. The van der Waals surface area contributed by atoms with Gasteiger partial charge in [-0.05, 0) is 29.7 Å². The first-order valence-electron chi connectivity index (χ1n) is 12.5. The minimum atomic E-state index is -0.567. The van der Waals surface area contributed by atoms with Crippen molar-refractivity contribution in [2.24, 2.45) is 4.99 Å². The Kier molecular flexibility index (Phi) is 7.04. The number of aliphatic imine (C=N–C) groups is 1. The van der Waals surface area contributed by atoms with Gasteiger partial charge in [0.1, 0.15) is 6.04 Å². The number of benzodiazepines with no additional fused rings is 1. The van der Waals surface area contributed by atoms with Gasteiger partial charge in [0, 0.05) is 30.2 Å². The highest BCUT2D eigenvalue weighted by Crippen LogP contribution is 2.38. The molecule has 37 heavy (non-hydrogen) atoms. The molecule has 4 aromatic rings. The quantitative estimate of drug-likeness (QED) is 0.311. The van der Waals surface area contributed by atoms with Crippen LogP contribution in [0.2, 0.25) is 0 Å². The predicted octanol–water partition coefficient (Wildman–Crippen LogP) is 6.19. The lowest BCUT2D eigenvalue weighted by Crippen LogP contribution is -2.38. The molecule has 0 saturated carbocycles. The fourth-order valence-electron chi connectivity index (χ4n) is 4.83. The first-order valence-corrected chi connectivity index (χ1v) is 12.5. The van der Waals surface area contributed by atoms with E-state index < -0.39 is 6.04 Å². The minimum Gasteiger partial charge on any atom is -0.493 e. The van der Waals surface area contributed by atoms with Gasteiger partial charge in [0.2, 0.25) is 0 Å². The first kappa shape index (κ1) is 24.3. The molecule has 1 amide bonds. The Morgan fingerprint density at radius 3 is 1.92 bits per heavy atom. The van der Waals surface area contributed by atoms with E-state index in [1.807, 2.05) is 67.6 Å². The molecular formula is C32H30N2O3. The molecule has 0 spiro atoms. The van der Waals surface area contributed by atoms with Gasteiger partial charge in [-0.3, -0.25) is 9.79 Å². The summed E-state index contributed by atoms with van der Waals surface area (Å²) in [6.07, 6.45) is 0.503. The molecule has 0 aliphatic carbocycles. The van der Waals surface area contributed by atoms with E-state index in [1.165, 1.54) is 5.56 Å². The summed E-state index contributed by atoms with van der Waals surface area (Å²) in [6, 6.07) is 31.9. The summed E-state index contributed by atoms with van der Waals surface area (Å²) in [7, 11) is 3.22. The van der Waals surface area contributed by atoms with Crippen molar-refractivity contribution in [3.8, 4) is 22.6 Å². The van der Waals surface area contributed by atoms with Crippen LogP contribution in [-0.2, 0) is 11.2 Å². The Balaban J connectivity index is 1.59. The highest BCUT2D eigenvalue weighted by atomic mass is 16.5. The van der Waals surface area contributed by atoms with Crippen molar-refractivity contribution >= 4 is 17.3 Å². The molecule has 0 N–H and O–H groups in total. The van der Waals surface area contributed by atoms with Gasteiger partial charge in [-0.25, -0.2) is 0 Å². The van der Waals surface area contributed by atoms with Crippen molar-refractivity contribution in [1.82, 2.24) is 0 Å². The van der Waals surface area contributed by atoms with Gasteiger partial charge in [-0.1, -0.05) is 84.9 Å². The Hall–Kier alpha value is -4.38. The molecule has 1 aliphatic rings. The minimum absolute atomic E-state index is 0.0333. The van der Waals surface area contributed by atoms with Gasteiger partial charge in [0.05, 0.1) is 25.6 Å². The predicted molar refractivity (Wildman–Crippen MR) is 149 cm³/mol. The zero-order chi connectivity index (χ0) is 25.8. The summed E-state index contributed by atoms with van der Waals surface area (Å²) in [5, 5.41) is 0. The molecule has 0 aromatic heterocycles. The zero-order valence-electron chi connectivity index (χ0n) is 21.3. The first-order chi connectivity index (χ1) is 18.1. The largest absolute Gasteiger partial charge is 0.493 e. The van der Waals surface area contributed by atoms with Crippen molar-refractivity contribution in [1.29, 1.82) is 0 Å². The van der Waals surface area contributed by atoms with Gasteiger partial charge in [-0.15, -0.1) is 0 Å². The number of likely N-dealkylation sites (N-methyl/N-ethyl adjacent to an activating group) is 1. The second-order valence-corrected chi connectivity index (χ2v) is 8.93. The van der Waals surface area contributed by atoms with Crippen molar-refractivity contribution in [3.05, 3.63) is 114 Å². The number of anilines is 1. The van der Waals surface area contributed by atoms with E-state index in [1.54, 1.807) is 19.1 Å². The number of ether oxygens (including phenoxy) is 2. The third kappa shape index (κ3) is 4.85. The second-order valence-electron chi connectivity index (χ2n) is 8.93. The topological polar surface area (TPSA) is 51.1 Å². The maximum atomic E-state index is 13.9. The molecule has 1 unspecified atom stereocenters. The third-order valence-corrected chi connectivity index (χ3v) is 6.74. The number of rotatable bonds is 7. The molecule has 0 radical (unpaired) electrons. The molecule has 1 heterocycles. The van der Waals surface area contributed by atoms with Crippen LogP contribution >= 0.6 is 0 Å². The standard InChI is InChI=1S/C32H30N2O3/c1-4-34-28-21-30(37-3)29(36-2)20-26(28)31(25-13-9-6-10-14-25)33-27(32(34)35)19-22-15-17-24(18-16-22)23-11-7-5-8-12-23/h5-18,20-21,27H,4,19H2,1-3H3. The van der Waals surface area contributed by atoms with E-state index in [2.05, 4.69) is 36.4 Å². The fourth-order valence-corrected chi connectivity index (χ4v) is 4.83. The normalized spacial score (nSPS) is 15.0. The van der Waals surface area contributed by atoms with E-state index >= 15 is 0 Å². The lowest BCUT2D eigenvalue weighted by molar-refractivity contribution is -0.119. The van der Waals surface area contributed by atoms with Crippen LogP contribution in [0.25, 0.3) is 11.1 Å². The van der Waals surface area contributed by atoms with Crippen molar-refractivity contribution in [2.75, 3.05) is 25.7 Å². The van der Waals surface area contributed by atoms with Crippen LogP contribution < -0.4 is 14.4 Å². The molecule has 5 rings (SSSR count). The number of methoxy groups -OCH3 is 2. The SMILES string of the molecule is CCN1C(=O)C(Cc2ccc(-c3ccccc3)cc2)N=C(c2ccccc2)c2cc(OC)c(OC)cc21. The van der Waals surface area contributed by atoms with E-state index in [-0.39, 0.29) is 5.91 Å². The number of carbonyl (C=O) groups excluding carboxylic acids is 1. The van der Waals surface area contributed by atoms with Gasteiger partial charge in [0.25, 0.3) is 5.91 Å². The molecule has 5 heteroatoms. The lowest BCUT2D eigenvalue weighted by Gasteiger charge is -2.25. The zero-order valence-corrected chi connectivity index (χ0v) is 21.3. The molecule has 5 nitrogen and oxygen atoms in total. The van der Waals surface area contributed by atoms with E-state index in [0.717, 1.165) is 33.7 Å². The summed E-state index contributed by atoms with van der Waals surface area (Å²) in [6.45, 7) is 2.50. The van der Waals surface area contributed by atoms with E-state index in [0.29, 0.717) is 24.5 Å². The van der Waals surface area contributed by atoms with Gasteiger partial charge >= 0.3 is 0 Å². The van der Waals surface area contributed by atoms with Crippen LogP contribution in [0.3, 0.4) is 0 Å². The smallest absolute Gasteiger partial charge is 0.252 e. The second kappa shape index (κ2) is 10.7. The van der Waals surface area contributed by atoms with Crippen LogP contribution in [-0.4, -0.2) is 38.4 Å². The summed E-state index contributed by atoms with van der Waals surface area (Å²) in [5.74, 6) is 1.15. The van der Waals surface area contributed by atoms with Gasteiger partial charge in [-0.2, -0.15) is 0 Å². The maximum Gasteiger partial charge on any atom is 0.252 e. The van der Waals surface area contributed by atoms with Crippen LogP contribution in [0.4, 0.5) is 5.69 Å². The van der Waals surface area contributed by atoms with E-state index in [4.69, 9.17) is 14.5 Å². The number of nitrogens with zero attached hydrogens (tertiary/aromatic N) is 2. The molecular weight excluding hydrogens is 460 g/mol. The molecule has 186 valence electrons. The van der Waals surface area contributed by atoms with Gasteiger partial charge < -0.3 is 14.4 Å². The van der Waals surface area contributed by atoms with Crippen LogP contribution in [0.15, 0.2) is 102 Å². The number of fused-ring (bicyclic) bond motifs is 1. The number of hydrogen-bond donors (Lipinski definition) is 0. The number of hydrogen-bond acceptors (Lipinski definition) is 4. The van der Waals surface area contributed by atoms with Crippen molar-refractivity contribution < 1.29 is 14.3 Å².